The number of carboxylic acids is 1. The Morgan fingerprint density at radius 1 is 1.35 bits per heavy atom. The van der Waals surface area contributed by atoms with Crippen LogP contribution in [0.4, 0.5) is 4.39 Å². The highest BCUT2D eigenvalue weighted by atomic mass is 19.1. The number of hydrogen-bond donors (Lipinski definition) is 2. The number of carbonyl (C=O) groups excluding carboxylic acids is 1. The van der Waals surface area contributed by atoms with Gasteiger partial charge in [0.1, 0.15) is 5.82 Å². The minimum atomic E-state index is -0.953. The first-order chi connectivity index (χ1) is 12.4. The number of halogens is 1. The summed E-state index contributed by atoms with van der Waals surface area (Å²) in [7, 11) is 0. The van der Waals surface area contributed by atoms with E-state index in [-0.39, 0.29) is 17.6 Å². The van der Waals surface area contributed by atoms with Gasteiger partial charge in [-0.05, 0) is 37.5 Å². The highest BCUT2D eigenvalue weighted by Gasteiger charge is 2.43. The second-order valence-electron chi connectivity index (χ2n) is 6.90. The SMILES string of the molecule is CCC[C@@]1(C(=O)O)CCCN(C(=O)c2cc(=O)[nH]c3cc(F)ccc23)C1. The highest BCUT2D eigenvalue weighted by molar-refractivity contribution is 6.06. The maximum absolute atomic E-state index is 13.4. The number of H-pyrrole nitrogens is 1. The smallest absolute Gasteiger partial charge is 0.311 e. The number of pyridine rings is 1. The minimum Gasteiger partial charge on any atom is -0.481 e. The van der Waals surface area contributed by atoms with Crippen LogP contribution in [0.15, 0.2) is 29.1 Å². The summed E-state index contributed by atoms with van der Waals surface area (Å²) < 4.78 is 13.4. The first kappa shape index (κ1) is 18.1. The molecule has 138 valence electrons. The van der Waals surface area contributed by atoms with Gasteiger partial charge in [-0.1, -0.05) is 13.3 Å². The van der Waals surface area contributed by atoms with Crippen molar-refractivity contribution in [2.24, 2.45) is 5.41 Å². The lowest BCUT2D eigenvalue weighted by atomic mass is 9.76. The van der Waals surface area contributed by atoms with Crippen molar-refractivity contribution in [1.82, 2.24) is 9.88 Å². The van der Waals surface area contributed by atoms with Gasteiger partial charge in [0.2, 0.25) is 5.56 Å². The lowest BCUT2D eigenvalue weighted by molar-refractivity contribution is -0.152. The second-order valence-corrected chi connectivity index (χ2v) is 6.90. The first-order valence-electron chi connectivity index (χ1n) is 8.71. The predicted molar refractivity (Wildman–Crippen MR) is 94.6 cm³/mol. The average Bonchev–Trinajstić information content (AvgIpc) is 2.60. The fraction of sp³-hybridized carbons (Fsp3) is 0.421. The summed E-state index contributed by atoms with van der Waals surface area (Å²) in [5.74, 6) is -1.80. The van der Waals surface area contributed by atoms with Crippen molar-refractivity contribution >= 4 is 22.8 Å². The van der Waals surface area contributed by atoms with Crippen LogP contribution in [-0.2, 0) is 4.79 Å². The summed E-state index contributed by atoms with van der Waals surface area (Å²) in [5.41, 5.74) is -1.04. The van der Waals surface area contributed by atoms with E-state index in [2.05, 4.69) is 4.98 Å². The standard InChI is InChI=1S/C19H21FN2O4/c1-2-6-19(18(25)26)7-3-8-22(11-19)17(24)14-10-16(23)21-15-9-12(20)4-5-13(14)15/h4-5,9-10H,2-3,6-8,11H2,1H3,(H,21,23)(H,25,26)/t19-/m1/s1. The van der Waals surface area contributed by atoms with Gasteiger partial charge in [0.15, 0.2) is 0 Å². The molecule has 1 aliphatic heterocycles. The summed E-state index contributed by atoms with van der Waals surface area (Å²) in [6.07, 6.45) is 2.32. The van der Waals surface area contributed by atoms with Crippen molar-refractivity contribution in [3.63, 3.8) is 0 Å². The van der Waals surface area contributed by atoms with E-state index < -0.39 is 28.7 Å². The van der Waals surface area contributed by atoms with Gasteiger partial charge in [-0.25, -0.2) is 4.39 Å². The van der Waals surface area contributed by atoms with E-state index in [1.807, 2.05) is 6.92 Å². The number of aliphatic carboxylic acids is 1. The number of nitrogens with zero attached hydrogens (tertiary/aromatic N) is 1. The Morgan fingerprint density at radius 3 is 2.81 bits per heavy atom. The van der Waals surface area contributed by atoms with Gasteiger partial charge in [0.25, 0.3) is 5.91 Å². The molecule has 0 spiro atoms. The van der Waals surface area contributed by atoms with E-state index in [0.29, 0.717) is 37.6 Å². The molecule has 1 amide bonds. The van der Waals surface area contributed by atoms with Crippen LogP contribution in [0, 0.1) is 11.2 Å². The zero-order valence-electron chi connectivity index (χ0n) is 14.5. The molecule has 0 radical (unpaired) electrons. The molecule has 26 heavy (non-hydrogen) atoms. The molecule has 2 aromatic rings. The van der Waals surface area contributed by atoms with E-state index >= 15 is 0 Å². The molecule has 2 N–H and O–H groups in total. The van der Waals surface area contributed by atoms with Crippen LogP contribution in [-0.4, -0.2) is 40.0 Å². The van der Waals surface area contributed by atoms with Crippen molar-refractivity contribution in [3.8, 4) is 0 Å². The molecule has 3 rings (SSSR count). The van der Waals surface area contributed by atoms with Crippen molar-refractivity contribution in [2.45, 2.75) is 32.6 Å². The van der Waals surface area contributed by atoms with Crippen molar-refractivity contribution in [2.75, 3.05) is 13.1 Å². The summed E-state index contributed by atoms with van der Waals surface area (Å²) in [6, 6.07) is 5.04. The molecule has 0 unspecified atom stereocenters. The Morgan fingerprint density at radius 2 is 2.12 bits per heavy atom. The number of amides is 1. The van der Waals surface area contributed by atoms with Gasteiger partial charge in [-0.15, -0.1) is 0 Å². The van der Waals surface area contributed by atoms with Gasteiger partial charge < -0.3 is 15.0 Å². The zero-order chi connectivity index (χ0) is 18.9. The van der Waals surface area contributed by atoms with E-state index in [9.17, 15) is 23.9 Å². The van der Waals surface area contributed by atoms with Crippen molar-refractivity contribution in [3.05, 3.63) is 46.0 Å². The zero-order valence-corrected chi connectivity index (χ0v) is 14.5. The van der Waals surface area contributed by atoms with Crippen LogP contribution < -0.4 is 5.56 Å². The molecule has 1 aliphatic rings. The molecule has 7 heteroatoms. The molecule has 1 aromatic heterocycles. The third kappa shape index (κ3) is 3.21. The van der Waals surface area contributed by atoms with Crippen molar-refractivity contribution < 1.29 is 19.1 Å². The molecule has 0 saturated carbocycles. The number of piperidine rings is 1. The lowest BCUT2D eigenvalue weighted by Crippen LogP contribution is -2.50. The number of nitrogens with one attached hydrogen (secondary N) is 1. The fourth-order valence-electron chi connectivity index (χ4n) is 3.85. The molecule has 1 fully saturated rings. The van der Waals surface area contributed by atoms with Gasteiger partial charge in [0.05, 0.1) is 16.5 Å². The lowest BCUT2D eigenvalue weighted by Gasteiger charge is -2.40. The Labute approximate surface area is 149 Å². The normalized spacial score (nSPS) is 20.3. The predicted octanol–water partition coefficient (Wildman–Crippen LogP) is 2.77. The number of aromatic amines is 1. The minimum absolute atomic E-state index is 0.116. The van der Waals surface area contributed by atoms with Gasteiger partial charge in [-0.2, -0.15) is 0 Å². The number of hydrogen-bond acceptors (Lipinski definition) is 3. The number of likely N-dealkylation sites (tertiary alicyclic amines) is 1. The van der Waals surface area contributed by atoms with Crippen LogP contribution in [0.2, 0.25) is 0 Å². The Bertz CT molecular complexity index is 919. The largest absolute Gasteiger partial charge is 0.481 e. The Hall–Kier alpha value is -2.70. The third-order valence-corrected chi connectivity index (χ3v) is 5.08. The summed E-state index contributed by atoms with van der Waals surface area (Å²) in [5, 5.41) is 10.1. The number of aromatic nitrogens is 1. The van der Waals surface area contributed by atoms with Crippen LogP contribution in [0.1, 0.15) is 43.0 Å². The Kier molecular flexibility index (Phi) is 4.80. The first-order valence-corrected chi connectivity index (χ1v) is 8.71. The number of carboxylic acid groups (broad SMARTS) is 1. The van der Waals surface area contributed by atoms with E-state index in [4.69, 9.17) is 0 Å². The van der Waals surface area contributed by atoms with E-state index in [1.165, 1.54) is 29.2 Å². The van der Waals surface area contributed by atoms with E-state index in [1.54, 1.807) is 0 Å². The molecular formula is C19H21FN2O4. The molecule has 1 aromatic carbocycles. The number of rotatable bonds is 4. The van der Waals surface area contributed by atoms with Gasteiger partial charge >= 0.3 is 5.97 Å². The fourth-order valence-corrected chi connectivity index (χ4v) is 3.85. The highest BCUT2D eigenvalue weighted by Crippen LogP contribution is 2.36. The average molecular weight is 360 g/mol. The molecule has 0 bridgehead atoms. The van der Waals surface area contributed by atoms with Gasteiger partial charge in [0, 0.05) is 24.5 Å². The van der Waals surface area contributed by atoms with Crippen LogP contribution in [0.25, 0.3) is 10.9 Å². The second kappa shape index (κ2) is 6.90. The molecule has 2 heterocycles. The molecule has 1 atom stereocenters. The van der Waals surface area contributed by atoms with Gasteiger partial charge in [-0.3, -0.25) is 14.4 Å². The summed E-state index contributed by atoms with van der Waals surface area (Å²) in [6.45, 7) is 2.47. The van der Waals surface area contributed by atoms with Crippen LogP contribution in [0.5, 0.6) is 0 Å². The summed E-state index contributed by atoms with van der Waals surface area (Å²) in [4.78, 5) is 40.8. The molecule has 1 saturated heterocycles. The number of benzene rings is 1. The summed E-state index contributed by atoms with van der Waals surface area (Å²) >= 11 is 0. The number of carbonyl (C=O) groups is 2. The van der Waals surface area contributed by atoms with Crippen molar-refractivity contribution in [1.29, 1.82) is 0 Å². The molecular weight excluding hydrogens is 339 g/mol. The monoisotopic (exact) mass is 360 g/mol. The number of fused-ring (bicyclic) bond motifs is 1. The van der Waals surface area contributed by atoms with Crippen LogP contribution >= 0.6 is 0 Å². The third-order valence-electron chi connectivity index (χ3n) is 5.08. The van der Waals surface area contributed by atoms with E-state index in [0.717, 1.165) is 0 Å². The maximum atomic E-state index is 13.4. The topological polar surface area (TPSA) is 90.5 Å². The van der Waals surface area contributed by atoms with Crippen LogP contribution in [0.3, 0.4) is 0 Å². The quantitative estimate of drug-likeness (QED) is 0.877. The molecule has 0 aliphatic carbocycles. The maximum Gasteiger partial charge on any atom is 0.311 e. The molecule has 6 nitrogen and oxygen atoms in total. The Balaban J connectivity index is 2.00.